The highest BCUT2D eigenvalue weighted by Crippen LogP contribution is 2.43. The van der Waals surface area contributed by atoms with Gasteiger partial charge in [-0.25, -0.2) is 0 Å². The third-order valence-electron chi connectivity index (χ3n) is 7.31. The van der Waals surface area contributed by atoms with E-state index in [0.717, 1.165) is 19.3 Å². The molecule has 0 saturated carbocycles. The van der Waals surface area contributed by atoms with Gasteiger partial charge in [-0.2, -0.15) is 0 Å². The zero-order chi connectivity index (χ0) is 21.9. The smallest absolute Gasteiger partial charge is 0.0548 e. The van der Waals surface area contributed by atoms with Gasteiger partial charge >= 0.3 is 0 Å². The van der Waals surface area contributed by atoms with Crippen LogP contribution in [0.25, 0.3) is 50.2 Å². The molecule has 0 N–H and O–H groups in total. The van der Waals surface area contributed by atoms with E-state index in [2.05, 4.69) is 113 Å². The fourth-order valence-electron chi connectivity index (χ4n) is 5.80. The third kappa shape index (κ3) is 2.67. The predicted octanol–water partition coefficient (Wildman–Crippen LogP) is 8.13. The van der Waals surface area contributed by atoms with Crippen LogP contribution in [0.1, 0.15) is 31.0 Å². The first kappa shape index (κ1) is 18.8. The van der Waals surface area contributed by atoms with Gasteiger partial charge in [0.25, 0.3) is 0 Å². The monoisotopic (exact) mass is 426 g/mol. The van der Waals surface area contributed by atoms with Crippen LogP contribution in [0.3, 0.4) is 0 Å². The first-order chi connectivity index (χ1) is 16.3. The molecule has 2 aromatic heterocycles. The van der Waals surface area contributed by atoms with Crippen molar-refractivity contribution in [1.82, 2.24) is 9.13 Å². The maximum absolute atomic E-state index is 2.47. The highest BCUT2D eigenvalue weighted by molar-refractivity contribution is 6.23. The second-order valence-electron chi connectivity index (χ2n) is 9.38. The van der Waals surface area contributed by atoms with Crippen molar-refractivity contribution in [2.75, 3.05) is 0 Å². The summed E-state index contributed by atoms with van der Waals surface area (Å²) in [5.41, 5.74) is 9.22. The van der Waals surface area contributed by atoms with Gasteiger partial charge in [0.2, 0.25) is 0 Å². The Hall–Kier alpha value is -3.78. The van der Waals surface area contributed by atoms with E-state index < -0.39 is 0 Å². The van der Waals surface area contributed by atoms with Gasteiger partial charge in [0.05, 0.1) is 16.6 Å². The van der Waals surface area contributed by atoms with Crippen molar-refractivity contribution in [2.45, 2.75) is 26.2 Å². The molecule has 0 spiro atoms. The second kappa shape index (κ2) is 7.11. The summed E-state index contributed by atoms with van der Waals surface area (Å²) in [7, 11) is 0. The highest BCUT2D eigenvalue weighted by Gasteiger charge is 2.24. The number of rotatable bonds is 2. The van der Waals surface area contributed by atoms with Crippen molar-refractivity contribution in [3.05, 3.63) is 102 Å². The minimum absolute atomic E-state index is 0.604. The van der Waals surface area contributed by atoms with Crippen LogP contribution in [0.15, 0.2) is 91.0 Å². The topological polar surface area (TPSA) is 9.86 Å². The summed E-state index contributed by atoms with van der Waals surface area (Å²) >= 11 is 0. The molecule has 1 unspecified atom stereocenters. The lowest BCUT2D eigenvalue weighted by Gasteiger charge is -2.15. The van der Waals surface area contributed by atoms with Crippen LogP contribution in [0.4, 0.5) is 0 Å². The van der Waals surface area contributed by atoms with Gasteiger partial charge in [-0.05, 0) is 73.2 Å². The molecule has 7 rings (SSSR count). The standard InChI is InChI=1S/C31H26N2/c1-21-15-17-23(18-16-21)33-27-14-8-6-12-25(27)31-29(33)20-19-28-30(31)24-11-5-7-13-26(24)32(28)22-9-3-2-4-10-22/h2-4,6-10,12-15,17-21H,5,11,16H2,1H3. The van der Waals surface area contributed by atoms with E-state index in [4.69, 9.17) is 0 Å². The molecular formula is C31H26N2. The predicted molar refractivity (Wildman–Crippen MR) is 141 cm³/mol. The molecule has 3 aromatic carbocycles. The number of para-hydroxylation sites is 2. The molecule has 2 aliphatic carbocycles. The summed E-state index contributed by atoms with van der Waals surface area (Å²) in [4.78, 5) is 0. The number of fused-ring (bicyclic) bond motifs is 7. The lowest BCUT2D eigenvalue weighted by atomic mass is 9.98. The first-order valence-corrected chi connectivity index (χ1v) is 12.0. The summed E-state index contributed by atoms with van der Waals surface area (Å²) in [5.74, 6) is 0.604. The number of benzene rings is 3. The molecular weight excluding hydrogens is 400 g/mol. The molecule has 2 heteroatoms. The average Bonchev–Trinajstić information content (AvgIpc) is 3.38. The highest BCUT2D eigenvalue weighted by atomic mass is 15.0. The Balaban J connectivity index is 1.65. The molecule has 0 amide bonds. The molecule has 0 radical (unpaired) electrons. The molecule has 2 aliphatic rings. The van der Waals surface area contributed by atoms with Crippen LogP contribution >= 0.6 is 0 Å². The quantitative estimate of drug-likeness (QED) is 0.270. The Bertz CT molecular complexity index is 1640. The number of aryl methyl sites for hydroxylation is 1. The van der Waals surface area contributed by atoms with Crippen molar-refractivity contribution >= 4 is 44.5 Å². The Morgan fingerprint density at radius 3 is 2.36 bits per heavy atom. The molecule has 1 atom stereocenters. The van der Waals surface area contributed by atoms with Crippen molar-refractivity contribution in [2.24, 2.45) is 5.92 Å². The summed E-state index contributed by atoms with van der Waals surface area (Å²) in [6, 6.07) is 24.4. The van der Waals surface area contributed by atoms with E-state index in [1.54, 1.807) is 0 Å². The molecule has 160 valence electrons. The summed E-state index contributed by atoms with van der Waals surface area (Å²) in [6.45, 7) is 2.28. The number of aromatic nitrogens is 2. The van der Waals surface area contributed by atoms with Gasteiger partial charge in [-0.1, -0.05) is 61.5 Å². The Labute approximate surface area is 193 Å². The van der Waals surface area contributed by atoms with E-state index in [1.165, 1.54) is 55.4 Å². The zero-order valence-corrected chi connectivity index (χ0v) is 18.8. The van der Waals surface area contributed by atoms with Gasteiger partial charge in [-0.15, -0.1) is 0 Å². The van der Waals surface area contributed by atoms with Gasteiger partial charge in [0.1, 0.15) is 0 Å². The number of hydrogen-bond acceptors (Lipinski definition) is 0. The molecule has 2 heterocycles. The van der Waals surface area contributed by atoms with Crippen molar-refractivity contribution in [3.63, 3.8) is 0 Å². The average molecular weight is 427 g/mol. The Morgan fingerprint density at radius 2 is 1.55 bits per heavy atom. The molecule has 5 aromatic rings. The number of nitrogens with zero attached hydrogens (tertiary/aromatic N) is 2. The zero-order valence-electron chi connectivity index (χ0n) is 18.8. The SMILES string of the molecule is CC1C=CC(n2c3ccccc3c3c4c5c(n(-c6ccccc6)c4ccc32)C=CCC5)=CC1. The fraction of sp³-hybridized carbons (Fsp3) is 0.161. The molecule has 2 nitrogen and oxygen atoms in total. The number of hydrogen-bond donors (Lipinski definition) is 0. The van der Waals surface area contributed by atoms with Crippen LogP contribution in [0.2, 0.25) is 0 Å². The van der Waals surface area contributed by atoms with E-state index in [-0.39, 0.29) is 0 Å². The lowest BCUT2D eigenvalue weighted by molar-refractivity contribution is 0.735. The molecule has 0 fully saturated rings. The Morgan fingerprint density at radius 1 is 0.758 bits per heavy atom. The lowest BCUT2D eigenvalue weighted by Crippen LogP contribution is -2.01. The van der Waals surface area contributed by atoms with Gasteiger partial charge in [0.15, 0.2) is 0 Å². The number of allylic oxidation sites excluding steroid dienone is 5. The maximum atomic E-state index is 2.47. The molecule has 0 saturated heterocycles. The van der Waals surface area contributed by atoms with Crippen molar-refractivity contribution in [1.29, 1.82) is 0 Å². The van der Waals surface area contributed by atoms with E-state index in [1.807, 2.05) is 0 Å². The van der Waals surface area contributed by atoms with Crippen LogP contribution in [-0.4, -0.2) is 9.13 Å². The van der Waals surface area contributed by atoms with Crippen LogP contribution in [0.5, 0.6) is 0 Å². The first-order valence-electron chi connectivity index (χ1n) is 12.0. The van der Waals surface area contributed by atoms with Crippen molar-refractivity contribution in [3.8, 4) is 5.69 Å². The van der Waals surface area contributed by atoms with Gasteiger partial charge < -0.3 is 9.13 Å². The third-order valence-corrected chi connectivity index (χ3v) is 7.31. The second-order valence-corrected chi connectivity index (χ2v) is 9.38. The maximum Gasteiger partial charge on any atom is 0.0548 e. The minimum Gasteiger partial charge on any atom is -0.310 e. The fourth-order valence-corrected chi connectivity index (χ4v) is 5.80. The van der Waals surface area contributed by atoms with Crippen LogP contribution in [0, 0.1) is 5.92 Å². The van der Waals surface area contributed by atoms with Crippen LogP contribution < -0.4 is 0 Å². The van der Waals surface area contributed by atoms with Crippen molar-refractivity contribution < 1.29 is 0 Å². The summed E-state index contributed by atoms with van der Waals surface area (Å²) in [6.07, 6.45) is 15.0. The van der Waals surface area contributed by atoms with Gasteiger partial charge in [-0.3, -0.25) is 0 Å². The summed E-state index contributed by atoms with van der Waals surface area (Å²) < 4.78 is 4.92. The summed E-state index contributed by atoms with van der Waals surface area (Å²) in [5, 5.41) is 4.14. The molecule has 0 bridgehead atoms. The molecule has 0 aliphatic heterocycles. The van der Waals surface area contributed by atoms with Gasteiger partial charge in [0, 0.05) is 33.2 Å². The molecule has 33 heavy (non-hydrogen) atoms. The normalized spacial score (nSPS) is 17.7. The van der Waals surface area contributed by atoms with E-state index >= 15 is 0 Å². The minimum atomic E-state index is 0.604. The van der Waals surface area contributed by atoms with Crippen LogP contribution in [-0.2, 0) is 6.42 Å². The van der Waals surface area contributed by atoms with E-state index in [0.29, 0.717) is 5.92 Å². The van der Waals surface area contributed by atoms with E-state index in [9.17, 15) is 0 Å². The Kier molecular flexibility index (Phi) is 4.04. The largest absolute Gasteiger partial charge is 0.310 e.